The van der Waals surface area contributed by atoms with Crippen LogP contribution in [0.3, 0.4) is 0 Å². The molecule has 2 aromatic heterocycles. The fraction of sp³-hybridized carbons (Fsp3) is 0.462. The molecule has 1 atom stereocenters. The molecule has 0 radical (unpaired) electrons. The molecule has 0 bridgehead atoms. The second-order valence-electron chi connectivity index (χ2n) is 4.09. The molecule has 0 saturated heterocycles. The van der Waals surface area contributed by atoms with Crippen LogP contribution in [0.4, 0.5) is 0 Å². The Morgan fingerprint density at radius 2 is 2.47 bits per heavy atom. The summed E-state index contributed by atoms with van der Waals surface area (Å²) in [7, 11) is 0. The molecule has 1 N–H and O–H groups in total. The molecule has 0 spiro atoms. The normalized spacial score (nSPS) is 12.8. The number of aromatic nitrogens is 2. The number of nitrogens with one attached hydrogen (secondary N) is 1. The minimum absolute atomic E-state index is 0.392. The van der Waals surface area contributed by atoms with Crippen LogP contribution in [0.5, 0.6) is 0 Å². The molecular formula is C13H17N3S. The largest absolute Gasteiger partial charge is 0.307 e. The Labute approximate surface area is 106 Å². The first kappa shape index (κ1) is 12.2. The molecule has 4 heteroatoms. The van der Waals surface area contributed by atoms with E-state index < -0.39 is 0 Å². The molecule has 2 aromatic rings. The van der Waals surface area contributed by atoms with Gasteiger partial charge in [-0.2, -0.15) is 0 Å². The predicted octanol–water partition coefficient (Wildman–Crippen LogP) is 2.60. The highest BCUT2D eigenvalue weighted by molar-refractivity contribution is 7.15. The molecule has 0 aliphatic heterocycles. The van der Waals surface area contributed by atoms with Crippen molar-refractivity contribution in [1.82, 2.24) is 14.7 Å². The van der Waals surface area contributed by atoms with Gasteiger partial charge < -0.3 is 5.32 Å². The van der Waals surface area contributed by atoms with E-state index in [0.717, 1.165) is 30.0 Å². The number of terminal acetylenes is 1. The standard InChI is InChI=1S/C13H17N3S/c1-4-6-11(5-2)14-9-12-10(3)15-13-16(12)7-8-17-13/h1,7-8,11,14H,5-6,9H2,2-3H3. The summed E-state index contributed by atoms with van der Waals surface area (Å²) in [6, 6.07) is 0.392. The first-order valence-corrected chi connectivity index (χ1v) is 6.72. The van der Waals surface area contributed by atoms with E-state index in [-0.39, 0.29) is 0 Å². The van der Waals surface area contributed by atoms with E-state index >= 15 is 0 Å². The third-order valence-corrected chi connectivity index (χ3v) is 3.73. The van der Waals surface area contributed by atoms with Crippen molar-refractivity contribution in [2.75, 3.05) is 0 Å². The summed E-state index contributed by atoms with van der Waals surface area (Å²) in [5, 5.41) is 5.56. The number of imidazole rings is 1. The van der Waals surface area contributed by atoms with Gasteiger partial charge in [-0.05, 0) is 13.3 Å². The molecule has 90 valence electrons. The summed E-state index contributed by atoms with van der Waals surface area (Å²) in [5.41, 5.74) is 2.33. The van der Waals surface area contributed by atoms with Gasteiger partial charge in [0.15, 0.2) is 4.96 Å². The molecule has 0 aromatic carbocycles. The van der Waals surface area contributed by atoms with Gasteiger partial charge in [-0.1, -0.05) is 6.92 Å². The number of hydrogen-bond donors (Lipinski definition) is 1. The second kappa shape index (κ2) is 5.35. The Bertz CT molecular complexity index is 532. The fourth-order valence-electron chi connectivity index (χ4n) is 1.90. The van der Waals surface area contributed by atoms with Gasteiger partial charge in [0, 0.05) is 30.6 Å². The van der Waals surface area contributed by atoms with Gasteiger partial charge in [0.2, 0.25) is 0 Å². The molecule has 17 heavy (non-hydrogen) atoms. The maximum absolute atomic E-state index is 5.35. The van der Waals surface area contributed by atoms with Crippen molar-refractivity contribution in [1.29, 1.82) is 0 Å². The van der Waals surface area contributed by atoms with Crippen molar-refractivity contribution in [3.63, 3.8) is 0 Å². The zero-order chi connectivity index (χ0) is 12.3. The van der Waals surface area contributed by atoms with Gasteiger partial charge in [-0.25, -0.2) is 4.98 Å². The summed E-state index contributed by atoms with van der Waals surface area (Å²) in [4.78, 5) is 5.58. The summed E-state index contributed by atoms with van der Waals surface area (Å²) >= 11 is 1.66. The average molecular weight is 247 g/mol. The maximum atomic E-state index is 5.35. The topological polar surface area (TPSA) is 29.3 Å². The van der Waals surface area contributed by atoms with Gasteiger partial charge >= 0.3 is 0 Å². The Kier molecular flexibility index (Phi) is 3.82. The number of thiazole rings is 1. The molecular weight excluding hydrogens is 230 g/mol. The maximum Gasteiger partial charge on any atom is 0.194 e. The number of nitrogens with zero attached hydrogens (tertiary/aromatic N) is 2. The Hall–Kier alpha value is -1.31. The number of rotatable bonds is 5. The molecule has 0 saturated carbocycles. The lowest BCUT2D eigenvalue weighted by Gasteiger charge is -2.13. The van der Waals surface area contributed by atoms with Gasteiger partial charge in [0.1, 0.15) is 0 Å². The number of fused-ring (bicyclic) bond motifs is 1. The lowest BCUT2D eigenvalue weighted by molar-refractivity contribution is 0.500. The van der Waals surface area contributed by atoms with Crippen molar-refractivity contribution in [2.24, 2.45) is 0 Å². The first-order chi connectivity index (χ1) is 8.26. The summed E-state index contributed by atoms with van der Waals surface area (Å²) in [5.74, 6) is 2.71. The monoisotopic (exact) mass is 247 g/mol. The van der Waals surface area contributed by atoms with Crippen LogP contribution in [0, 0.1) is 19.3 Å². The minimum Gasteiger partial charge on any atom is -0.307 e. The smallest absolute Gasteiger partial charge is 0.194 e. The number of aryl methyl sites for hydroxylation is 1. The van der Waals surface area contributed by atoms with Gasteiger partial charge in [-0.3, -0.25) is 4.40 Å². The number of hydrogen-bond acceptors (Lipinski definition) is 3. The molecule has 0 aliphatic carbocycles. The van der Waals surface area contributed by atoms with Gasteiger partial charge in [-0.15, -0.1) is 23.7 Å². The summed E-state index contributed by atoms with van der Waals surface area (Å²) in [6.45, 7) is 5.03. The van der Waals surface area contributed by atoms with E-state index in [0.29, 0.717) is 6.04 Å². The highest BCUT2D eigenvalue weighted by Gasteiger charge is 2.11. The van der Waals surface area contributed by atoms with Crippen LogP contribution in [-0.2, 0) is 6.54 Å². The fourth-order valence-corrected chi connectivity index (χ4v) is 2.68. The van der Waals surface area contributed by atoms with Crippen LogP contribution in [0.15, 0.2) is 11.6 Å². The third-order valence-electron chi connectivity index (χ3n) is 2.98. The van der Waals surface area contributed by atoms with Crippen molar-refractivity contribution in [3.05, 3.63) is 23.0 Å². The van der Waals surface area contributed by atoms with Crippen LogP contribution < -0.4 is 5.32 Å². The van der Waals surface area contributed by atoms with E-state index in [1.165, 1.54) is 5.69 Å². The Morgan fingerprint density at radius 3 is 3.18 bits per heavy atom. The minimum atomic E-state index is 0.392. The highest BCUT2D eigenvalue weighted by Crippen LogP contribution is 2.16. The lowest BCUT2D eigenvalue weighted by Crippen LogP contribution is -2.28. The molecule has 2 heterocycles. The zero-order valence-corrected chi connectivity index (χ0v) is 11.0. The van der Waals surface area contributed by atoms with Gasteiger partial charge in [0.25, 0.3) is 0 Å². The third kappa shape index (κ3) is 2.51. The van der Waals surface area contributed by atoms with Crippen molar-refractivity contribution in [3.8, 4) is 12.3 Å². The molecule has 3 nitrogen and oxygen atoms in total. The van der Waals surface area contributed by atoms with Crippen LogP contribution >= 0.6 is 11.3 Å². The van der Waals surface area contributed by atoms with Crippen molar-refractivity contribution >= 4 is 16.3 Å². The van der Waals surface area contributed by atoms with Crippen molar-refractivity contribution in [2.45, 2.75) is 39.3 Å². The second-order valence-corrected chi connectivity index (χ2v) is 4.97. The predicted molar refractivity (Wildman–Crippen MR) is 72.2 cm³/mol. The zero-order valence-electron chi connectivity index (χ0n) is 10.2. The Balaban J connectivity index is 2.10. The average Bonchev–Trinajstić information content (AvgIpc) is 2.86. The van der Waals surface area contributed by atoms with E-state index in [1.807, 2.05) is 0 Å². The van der Waals surface area contributed by atoms with E-state index in [1.54, 1.807) is 11.3 Å². The quantitative estimate of drug-likeness (QED) is 0.823. The molecule has 0 fully saturated rings. The van der Waals surface area contributed by atoms with Crippen LogP contribution in [0.1, 0.15) is 31.2 Å². The van der Waals surface area contributed by atoms with Gasteiger partial charge in [0.05, 0.1) is 11.4 Å². The lowest BCUT2D eigenvalue weighted by atomic mass is 10.1. The van der Waals surface area contributed by atoms with E-state index in [2.05, 4.69) is 46.0 Å². The summed E-state index contributed by atoms with van der Waals surface area (Å²) < 4.78 is 2.15. The molecule has 0 amide bonds. The van der Waals surface area contributed by atoms with Crippen LogP contribution in [0.2, 0.25) is 0 Å². The Morgan fingerprint density at radius 1 is 1.65 bits per heavy atom. The van der Waals surface area contributed by atoms with E-state index in [4.69, 9.17) is 6.42 Å². The first-order valence-electron chi connectivity index (χ1n) is 5.84. The highest BCUT2D eigenvalue weighted by atomic mass is 32.1. The SMILES string of the molecule is C#CCC(CC)NCc1c(C)nc2sccn12. The molecule has 0 aliphatic rings. The molecule has 1 unspecified atom stereocenters. The van der Waals surface area contributed by atoms with Crippen molar-refractivity contribution < 1.29 is 0 Å². The van der Waals surface area contributed by atoms with E-state index in [9.17, 15) is 0 Å². The molecule has 2 rings (SSSR count). The van der Waals surface area contributed by atoms with Crippen LogP contribution in [0.25, 0.3) is 4.96 Å². The van der Waals surface area contributed by atoms with Crippen LogP contribution in [-0.4, -0.2) is 15.4 Å². The summed E-state index contributed by atoms with van der Waals surface area (Å²) in [6.07, 6.45) is 9.25.